The van der Waals surface area contributed by atoms with E-state index in [1.165, 1.54) is 51.2 Å². The van der Waals surface area contributed by atoms with E-state index in [0.717, 1.165) is 30.5 Å². The summed E-state index contributed by atoms with van der Waals surface area (Å²) in [5.74, 6) is -11.4. The van der Waals surface area contributed by atoms with Crippen LogP contribution in [0.2, 0.25) is 0 Å². The maximum absolute atomic E-state index is 15.1. The number of carbonyl (C=O) groups excluding carboxylic acids is 12. The molecule has 111 heavy (non-hydrogen) atoms. The van der Waals surface area contributed by atoms with Gasteiger partial charge in [0.15, 0.2) is 0 Å². The largest absolute Gasteiger partial charge is 0.481 e. The minimum absolute atomic E-state index is 0.00454. The number of aliphatic carboxylic acids is 1. The lowest BCUT2D eigenvalue weighted by atomic mass is 9.82. The van der Waals surface area contributed by atoms with Crippen LogP contribution < -0.4 is 80.6 Å². The Balaban J connectivity index is 1.36. The molecular formula is C76H125N15O18S2. The molecule has 0 radical (unpaired) electrons. The zero-order chi connectivity index (χ0) is 81.9. The van der Waals surface area contributed by atoms with E-state index < -0.39 is 185 Å². The van der Waals surface area contributed by atoms with Gasteiger partial charge in [-0.1, -0.05) is 58.4 Å². The summed E-state index contributed by atoms with van der Waals surface area (Å²) < 4.78 is 0. The molecule has 3 unspecified atom stereocenters. The fourth-order valence-corrected chi connectivity index (χ4v) is 16.8. The third-order valence-corrected chi connectivity index (χ3v) is 23.6. The van der Waals surface area contributed by atoms with Crippen LogP contribution in [0.1, 0.15) is 201 Å². The van der Waals surface area contributed by atoms with E-state index in [1.54, 1.807) is 27.7 Å². The number of benzene rings is 1. The lowest BCUT2D eigenvalue weighted by Crippen LogP contribution is -2.64. The smallest absolute Gasteiger partial charge is 0.303 e. The first-order valence-electron chi connectivity index (χ1n) is 39.5. The first kappa shape index (κ1) is 92.6. The molecule has 624 valence electrons. The zero-order valence-corrected chi connectivity index (χ0v) is 67.2. The number of nitrogens with two attached hydrogens (primary N) is 2. The Hall–Kier alpha value is -7.25. The molecule has 1 aromatic rings. The summed E-state index contributed by atoms with van der Waals surface area (Å²) in [6.07, 6.45) is 0.242. The zero-order valence-electron chi connectivity index (χ0n) is 65.6. The van der Waals surface area contributed by atoms with Gasteiger partial charge < -0.3 is 106 Å². The van der Waals surface area contributed by atoms with Gasteiger partial charge in [0, 0.05) is 35.9 Å². The molecular weight excluding hydrogens is 1480 g/mol. The molecule has 3 heterocycles. The monoisotopic (exact) mass is 1600 g/mol. The molecule has 33 nitrogen and oxygen atoms in total. The number of thioether (sulfide) groups is 2. The maximum Gasteiger partial charge on any atom is 0.303 e. The van der Waals surface area contributed by atoms with Gasteiger partial charge in [-0.05, 0) is 203 Å². The van der Waals surface area contributed by atoms with Crippen molar-refractivity contribution in [3.8, 4) is 0 Å². The second kappa shape index (κ2) is 45.0. The molecule has 0 aromatic heterocycles. The highest BCUT2D eigenvalue weighted by Crippen LogP contribution is 2.34. The fourth-order valence-electron chi connectivity index (χ4n) is 14.9. The van der Waals surface area contributed by atoms with Crippen LogP contribution in [0.25, 0.3) is 0 Å². The normalized spacial score (nSPS) is 31.3. The van der Waals surface area contributed by atoms with Crippen molar-refractivity contribution in [1.29, 1.82) is 0 Å². The van der Waals surface area contributed by atoms with Crippen LogP contribution in [-0.4, -0.2) is 230 Å². The fraction of sp³-hybridized carbons (Fsp3) is 0.750. The second-order valence-electron chi connectivity index (χ2n) is 32.3. The number of primary amides is 1. The molecule has 35 heteroatoms. The lowest BCUT2D eigenvalue weighted by Gasteiger charge is -2.34. The SMILES string of the molecule is CCC[C@@H]1NC(=O)[C@H](CC2CNC3NCCCC23)NC(=O)[C@H]([C@@H](C)O)NC(=O)[C@H](CCCCN)NC(=O)[C@H](CC2CCC(O)CC2)NC(=O)[C@H](C(C)(C)C)NC(=O)CCSCc2cccc(c2)CSC[C@@H](C(N)=O)NC(=O)[C@H]([C@@H](C)O)NC(=O)C(C)(C)NC(=O)[C@H](CC2CCC(O)CC2)NC(=O)[C@H](CCC(=O)O)NC1=O. The molecule has 4 fully saturated rings. The number of fused-ring (bicyclic) bond motifs is 3. The summed E-state index contributed by atoms with van der Waals surface area (Å²) in [5, 5.41) is 89.7. The highest BCUT2D eigenvalue weighted by atomic mass is 32.2. The number of hydrogen-bond acceptors (Lipinski definition) is 22. The van der Waals surface area contributed by atoms with E-state index in [4.69, 9.17) is 11.5 Å². The number of aliphatic hydroxyl groups is 4. The third-order valence-electron chi connectivity index (χ3n) is 21.5. The summed E-state index contributed by atoms with van der Waals surface area (Å²) in [6, 6.07) is -7.16. The number of piperidine rings is 1. The van der Waals surface area contributed by atoms with E-state index in [2.05, 4.69) is 69.1 Å². The number of amides is 12. The number of aliphatic hydroxyl groups excluding tert-OH is 4. The number of carboxylic acids is 1. The standard InChI is InChI=1S/C76H125N15O18S2/c1-9-14-51-65(100)83-53(27-28-59(97)98)66(101)84-55(35-44-21-25-49(95)26-22-44)70(105)91-76(7,8)74(109)90-61(42(3)93)72(107)87-57(63(78)99)40-111-39-46-16-12-15-45(33-46)38-110-32-29-58(96)88-62(75(4,5)6)73(108)86-54(34-43-19-23-48(94)24-20-43)68(103)82-52(18-10-11-30-77)67(102)89-60(41(2)92)71(106)85-56(69(104)81-51)36-47-37-80-64-50(47)17-13-31-79-64/h12,15-16,33,41-44,47-57,60-62,64,79-80,92-95H,9-11,13-14,17-32,34-40,77H2,1-8H3,(H2,78,99)(H,81,104)(H,82,103)(H,83,100)(H,84,101)(H,85,106)(H,86,108)(H,87,107)(H,88,96)(H,89,102)(H,90,109)(H,91,105)(H,97,98)/t41-,42-,43?,44?,47?,48?,49?,50?,51+,52+,53+,54+,55+,56+,57+,60+,61+,62-,64?/m1/s1. The van der Waals surface area contributed by atoms with Gasteiger partial charge in [-0.15, -0.1) is 0 Å². The Morgan fingerprint density at radius 1 is 0.586 bits per heavy atom. The van der Waals surface area contributed by atoms with Crippen LogP contribution in [0, 0.1) is 29.1 Å². The van der Waals surface area contributed by atoms with Gasteiger partial charge in [0.1, 0.15) is 66.0 Å². The molecule has 2 saturated heterocycles. The van der Waals surface area contributed by atoms with Gasteiger partial charge in [-0.3, -0.25) is 62.3 Å². The number of carboxylic acid groups (broad SMARTS) is 1. The van der Waals surface area contributed by atoms with Crippen molar-refractivity contribution in [2.75, 3.05) is 31.1 Å². The van der Waals surface area contributed by atoms with Crippen molar-refractivity contribution in [2.24, 2.45) is 40.6 Å². The van der Waals surface area contributed by atoms with Crippen molar-refractivity contribution in [1.82, 2.24) is 69.1 Å². The predicted molar refractivity (Wildman–Crippen MR) is 417 cm³/mol. The highest BCUT2D eigenvalue weighted by Gasteiger charge is 2.44. The van der Waals surface area contributed by atoms with Crippen LogP contribution in [0.3, 0.4) is 0 Å². The third kappa shape index (κ3) is 30.2. The Kier molecular flexibility index (Phi) is 37.5. The average Bonchev–Trinajstić information content (AvgIpc) is 1.73. The molecule has 2 bridgehead atoms. The van der Waals surface area contributed by atoms with Crippen LogP contribution in [0.5, 0.6) is 0 Å². The Labute approximate surface area is 659 Å². The molecule has 2 aliphatic carbocycles. The summed E-state index contributed by atoms with van der Waals surface area (Å²) in [6.45, 7) is 13.4. The number of unbranched alkanes of at least 4 members (excludes halogenated alkanes) is 1. The molecule has 6 rings (SSSR count). The molecule has 2 saturated carbocycles. The summed E-state index contributed by atoms with van der Waals surface area (Å²) in [5.41, 5.74) is 10.6. The molecule has 22 N–H and O–H groups in total. The average molecular weight is 1600 g/mol. The van der Waals surface area contributed by atoms with Crippen LogP contribution >= 0.6 is 23.5 Å². The Morgan fingerprint density at radius 3 is 1.63 bits per heavy atom. The maximum atomic E-state index is 15.1. The quantitative estimate of drug-likeness (QED) is 0.0800. The summed E-state index contributed by atoms with van der Waals surface area (Å²) >= 11 is 2.72. The Morgan fingerprint density at radius 2 is 1.08 bits per heavy atom. The number of hydrogen-bond donors (Lipinski definition) is 20. The van der Waals surface area contributed by atoms with E-state index in [1.807, 2.05) is 24.3 Å². The van der Waals surface area contributed by atoms with Gasteiger partial charge in [0.05, 0.1) is 30.6 Å². The molecule has 3 aliphatic heterocycles. The van der Waals surface area contributed by atoms with Crippen LogP contribution in [-0.2, 0) is 73.8 Å². The van der Waals surface area contributed by atoms with Gasteiger partial charge >= 0.3 is 5.97 Å². The van der Waals surface area contributed by atoms with Gasteiger partial charge in [0.25, 0.3) is 0 Å². The van der Waals surface area contributed by atoms with Gasteiger partial charge in [-0.2, -0.15) is 23.5 Å². The highest BCUT2D eigenvalue weighted by molar-refractivity contribution is 7.98. The molecule has 15 atom stereocenters. The van der Waals surface area contributed by atoms with Gasteiger partial charge in [0.2, 0.25) is 70.9 Å². The molecule has 12 amide bonds. The second-order valence-corrected chi connectivity index (χ2v) is 34.5. The minimum atomic E-state index is -1.91. The first-order valence-corrected chi connectivity index (χ1v) is 41.8. The van der Waals surface area contributed by atoms with E-state index in [-0.39, 0.29) is 87.1 Å². The number of rotatable bonds is 18. The summed E-state index contributed by atoms with van der Waals surface area (Å²) in [7, 11) is 0. The molecule has 1 aromatic carbocycles. The number of carbonyl (C=O) groups is 13. The lowest BCUT2D eigenvalue weighted by molar-refractivity contribution is -0.139. The van der Waals surface area contributed by atoms with Crippen molar-refractivity contribution >= 4 is 100 Å². The van der Waals surface area contributed by atoms with Crippen molar-refractivity contribution in [3.63, 3.8) is 0 Å². The minimum Gasteiger partial charge on any atom is -0.481 e. The Bertz CT molecular complexity index is 3310. The molecule has 5 aliphatic rings. The number of nitrogens with one attached hydrogen (secondary N) is 13. The van der Waals surface area contributed by atoms with Crippen molar-refractivity contribution in [3.05, 3.63) is 35.4 Å². The predicted octanol–water partition coefficient (Wildman–Crippen LogP) is -0.796. The van der Waals surface area contributed by atoms with E-state index in [9.17, 15) is 83.1 Å². The van der Waals surface area contributed by atoms with Crippen LogP contribution in [0.15, 0.2) is 24.3 Å². The van der Waals surface area contributed by atoms with Crippen molar-refractivity contribution < 1.29 is 87.9 Å². The van der Waals surface area contributed by atoms with E-state index in [0.29, 0.717) is 88.0 Å². The van der Waals surface area contributed by atoms with Gasteiger partial charge in [-0.25, -0.2) is 0 Å². The molecule has 0 spiro atoms. The van der Waals surface area contributed by atoms with Crippen LogP contribution in [0.4, 0.5) is 0 Å². The van der Waals surface area contributed by atoms with Crippen molar-refractivity contribution in [2.45, 2.75) is 298 Å². The topological polar surface area (TPSA) is 531 Å². The summed E-state index contributed by atoms with van der Waals surface area (Å²) in [4.78, 5) is 186. The first-order chi connectivity index (χ1) is 52.5. The van der Waals surface area contributed by atoms with E-state index >= 15 is 4.79 Å².